The lowest BCUT2D eigenvalue weighted by atomic mass is 10.3. The average Bonchev–Trinajstić information content (AvgIpc) is 2.75. The Morgan fingerprint density at radius 2 is 2.24 bits per heavy atom. The topological polar surface area (TPSA) is 68.5 Å². The smallest absolute Gasteiger partial charge is 0.223 e. The number of carbonyl (C=O) groups excluding carboxylic acids is 1. The molecule has 0 bridgehead atoms. The Bertz CT molecular complexity index is 376. The van der Waals surface area contributed by atoms with Crippen molar-refractivity contribution in [1.29, 1.82) is 0 Å². The van der Waals surface area contributed by atoms with Crippen molar-refractivity contribution < 1.29 is 14.4 Å². The van der Waals surface area contributed by atoms with E-state index in [9.17, 15) is 4.79 Å². The molecule has 1 aromatic heterocycles. The normalized spacial score (nSPS) is 17.0. The number of quaternary nitrogens is 1. The number of hydrogen-bond acceptors (Lipinski definition) is 5. The van der Waals surface area contributed by atoms with E-state index in [0.29, 0.717) is 5.13 Å². The molecule has 0 radical (unpaired) electrons. The van der Waals surface area contributed by atoms with Gasteiger partial charge in [-0.1, -0.05) is 11.3 Å². The minimum Gasteiger partial charge on any atom is -0.370 e. The van der Waals surface area contributed by atoms with Crippen molar-refractivity contribution in [2.45, 2.75) is 13.3 Å². The molecular formula is C10H17N4O2S+. The molecule has 0 spiro atoms. The Morgan fingerprint density at radius 1 is 1.47 bits per heavy atom. The van der Waals surface area contributed by atoms with E-state index in [1.807, 2.05) is 0 Å². The van der Waals surface area contributed by atoms with Gasteiger partial charge in [0, 0.05) is 6.92 Å². The van der Waals surface area contributed by atoms with Crippen LogP contribution in [0.2, 0.25) is 0 Å². The molecule has 17 heavy (non-hydrogen) atoms. The molecule has 1 saturated heterocycles. The minimum absolute atomic E-state index is 0.105. The van der Waals surface area contributed by atoms with Crippen molar-refractivity contribution in [3.8, 4) is 0 Å². The van der Waals surface area contributed by atoms with Gasteiger partial charge in [0.2, 0.25) is 11.0 Å². The number of nitrogens with zero attached hydrogens (tertiary/aromatic N) is 2. The molecule has 2 N–H and O–H groups in total. The second-order valence-corrected chi connectivity index (χ2v) is 5.11. The first-order chi connectivity index (χ1) is 8.24. The van der Waals surface area contributed by atoms with E-state index in [1.54, 1.807) is 4.90 Å². The van der Waals surface area contributed by atoms with E-state index in [2.05, 4.69) is 15.5 Å². The number of hydrogen-bond donors (Lipinski definition) is 2. The Hall–Kier alpha value is -1.05. The summed E-state index contributed by atoms with van der Waals surface area (Å²) in [4.78, 5) is 12.4. The summed E-state index contributed by atoms with van der Waals surface area (Å²) < 4.78 is 5.31. The third-order valence-electron chi connectivity index (χ3n) is 2.64. The van der Waals surface area contributed by atoms with Crippen molar-refractivity contribution >= 4 is 22.4 Å². The van der Waals surface area contributed by atoms with E-state index in [-0.39, 0.29) is 5.91 Å². The molecule has 1 aliphatic rings. The highest BCUT2D eigenvalue weighted by molar-refractivity contribution is 7.15. The van der Waals surface area contributed by atoms with Crippen LogP contribution in [0.15, 0.2) is 0 Å². The van der Waals surface area contributed by atoms with Crippen molar-refractivity contribution in [3.05, 3.63) is 5.01 Å². The van der Waals surface area contributed by atoms with Crippen LogP contribution in [-0.2, 0) is 16.0 Å². The highest BCUT2D eigenvalue weighted by Gasteiger charge is 2.14. The summed E-state index contributed by atoms with van der Waals surface area (Å²) >= 11 is 1.45. The first-order valence-electron chi connectivity index (χ1n) is 5.75. The van der Waals surface area contributed by atoms with Crippen LogP contribution in [0.4, 0.5) is 5.13 Å². The molecule has 6 nitrogen and oxygen atoms in total. The SMILES string of the molecule is CC(=O)Nc1nnc(CC[NH+]2CCOCC2)s1. The highest BCUT2D eigenvalue weighted by atomic mass is 32.1. The fourth-order valence-electron chi connectivity index (χ4n) is 1.75. The lowest BCUT2D eigenvalue weighted by molar-refractivity contribution is -0.907. The molecule has 1 amide bonds. The van der Waals surface area contributed by atoms with Gasteiger partial charge in [-0.25, -0.2) is 0 Å². The van der Waals surface area contributed by atoms with Crippen LogP contribution < -0.4 is 10.2 Å². The zero-order chi connectivity index (χ0) is 12.1. The average molecular weight is 257 g/mol. The molecule has 0 unspecified atom stereocenters. The Balaban J connectivity index is 1.78. The van der Waals surface area contributed by atoms with Gasteiger partial charge in [0.05, 0.1) is 26.2 Å². The number of amides is 1. The van der Waals surface area contributed by atoms with Crippen LogP contribution in [0.5, 0.6) is 0 Å². The summed E-state index contributed by atoms with van der Waals surface area (Å²) in [6.07, 6.45) is 0.909. The largest absolute Gasteiger partial charge is 0.370 e. The second-order valence-electron chi connectivity index (χ2n) is 4.04. The number of carbonyl (C=O) groups is 1. The quantitative estimate of drug-likeness (QED) is 0.722. The van der Waals surface area contributed by atoms with Crippen molar-refractivity contribution in [2.75, 3.05) is 38.2 Å². The van der Waals surface area contributed by atoms with Crippen LogP contribution in [0.25, 0.3) is 0 Å². The van der Waals surface area contributed by atoms with Gasteiger partial charge < -0.3 is 15.0 Å². The molecule has 2 rings (SSSR count). The molecule has 1 fully saturated rings. The zero-order valence-electron chi connectivity index (χ0n) is 9.86. The fourth-order valence-corrected chi connectivity index (χ4v) is 2.53. The fraction of sp³-hybridized carbons (Fsp3) is 0.700. The third-order valence-corrected chi connectivity index (χ3v) is 3.54. The van der Waals surface area contributed by atoms with Crippen LogP contribution in [0.3, 0.4) is 0 Å². The highest BCUT2D eigenvalue weighted by Crippen LogP contribution is 2.14. The molecule has 1 aromatic rings. The van der Waals surface area contributed by atoms with E-state index < -0.39 is 0 Å². The summed E-state index contributed by atoms with van der Waals surface area (Å²) in [5, 5.41) is 12.2. The Morgan fingerprint density at radius 3 is 2.94 bits per heavy atom. The standard InChI is InChI=1S/C10H16N4O2S/c1-8(15)11-10-13-12-9(17-10)2-3-14-4-6-16-7-5-14/h2-7H2,1H3,(H,11,13,15)/p+1. The summed E-state index contributed by atoms with van der Waals surface area (Å²) in [7, 11) is 0. The molecule has 2 heterocycles. The minimum atomic E-state index is -0.105. The summed E-state index contributed by atoms with van der Waals surface area (Å²) in [5.74, 6) is -0.105. The number of nitrogens with one attached hydrogen (secondary N) is 2. The predicted molar refractivity (Wildman–Crippen MR) is 64.3 cm³/mol. The number of anilines is 1. The Kier molecular flexibility index (Phi) is 4.41. The van der Waals surface area contributed by atoms with Gasteiger partial charge in [-0.15, -0.1) is 10.2 Å². The second kappa shape index (κ2) is 6.04. The molecule has 0 atom stereocenters. The predicted octanol–water partition coefficient (Wildman–Crippen LogP) is -1.05. The lowest BCUT2D eigenvalue weighted by Gasteiger charge is -2.23. The number of rotatable bonds is 4. The summed E-state index contributed by atoms with van der Waals surface area (Å²) in [6, 6.07) is 0. The van der Waals surface area contributed by atoms with E-state index in [0.717, 1.165) is 44.3 Å². The van der Waals surface area contributed by atoms with Crippen molar-refractivity contribution in [2.24, 2.45) is 0 Å². The maximum atomic E-state index is 10.8. The summed E-state index contributed by atoms with van der Waals surface area (Å²) in [6.45, 7) is 6.36. The monoisotopic (exact) mass is 257 g/mol. The Labute approximate surface area is 104 Å². The van der Waals surface area contributed by atoms with E-state index in [4.69, 9.17) is 4.74 Å². The van der Waals surface area contributed by atoms with E-state index in [1.165, 1.54) is 18.3 Å². The lowest BCUT2D eigenvalue weighted by Crippen LogP contribution is -3.14. The molecular weight excluding hydrogens is 240 g/mol. The van der Waals surface area contributed by atoms with Gasteiger partial charge in [-0.3, -0.25) is 4.79 Å². The van der Waals surface area contributed by atoms with Crippen LogP contribution >= 0.6 is 11.3 Å². The van der Waals surface area contributed by atoms with Crippen molar-refractivity contribution in [3.63, 3.8) is 0 Å². The number of ether oxygens (including phenoxy) is 1. The van der Waals surface area contributed by atoms with Crippen LogP contribution in [0, 0.1) is 0 Å². The zero-order valence-corrected chi connectivity index (χ0v) is 10.7. The van der Waals surface area contributed by atoms with Gasteiger partial charge >= 0.3 is 0 Å². The summed E-state index contributed by atoms with van der Waals surface area (Å²) in [5.41, 5.74) is 0. The maximum Gasteiger partial charge on any atom is 0.223 e. The molecule has 94 valence electrons. The van der Waals surface area contributed by atoms with Crippen LogP contribution in [0.1, 0.15) is 11.9 Å². The van der Waals surface area contributed by atoms with Gasteiger partial charge in [-0.2, -0.15) is 0 Å². The van der Waals surface area contributed by atoms with Gasteiger partial charge in [-0.05, 0) is 0 Å². The van der Waals surface area contributed by atoms with Gasteiger partial charge in [0.15, 0.2) is 0 Å². The van der Waals surface area contributed by atoms with Gasteiger partial charge in [0.1, 0.15) is 18.1 Å². The first-order valence-corrected chi connectivity index (χ1v) is 6.57. The molecule has 0 aliphatic carbocycles. The molecule has 1 aliphatic heterocycles. The molecule has 7 heteroatoms. The molecule has 0 aromatic carbocycles. The van der Waals surface area contributed by atoms with Crippen molar-refractivity contribution in [1.82, 2.24) is 10.2 Å². The van der Waals surface area contributed by atoms with Gasteiger partial charge in [0.25, 0.3) is 0 Å². The number of aromatic nitrogens is 2. The van der Waals surface area contributed by atoms with E-state index >= 15 is 0 Å². The first kappa shape index (κ1) is 12.4. The van der Waals surface area contributed by atoms with Crippen LogP contribution in [-0.4, -0.2) is 49.0 Å². The third kappa shape index (κ3) is 4.03. The molecule has 0 saturated carbocycles. The number of morpholine rings is 1. The maximum absolute atomic E-state index is 10.8.